The van der Waals surface area contributed by atoms with Crippen molar-refractivity contribution >= 4 is 5.97 Å². The van der Waals surface area contributed by atoms with Crippen molar-refractivity contribution in [2.45, 2.75) is 142 Å². The lowest BCUT2D eigenvalue weighted by Crippen LogP contribution is -2.12. The lowest BCUT2D eigenvalue weighted by Gasteiger charge is -2.05. The van der Waals surface area contributed by atoms with Gasteiger partial charge in [0.25, 0.3) is 0 Å². The average Bonchev–Trinajstić information content (AvgIpc) is 3.02. The molecule has 0 radical (unpaired) electrons. The summed E-state index contributed by atoms with van der Waals surface area (Å²) in [5.74, 6) is 0.392. The van der Waals surface area contributed by atoms with Crippen LogP contribution in [0.25, 0.3) is 0 Å². The summed E-state index contributed by atoms with van der Waals surface area (Å²) in [6.45, 7) is 5.13. The second-order valence-corrected chi connectivity index (χ2v) is 9.88. The quantitative estimate of drug-likeness (QED) is 0.114. The molecule has 0 fully saturated rings. The van der Waals surface area contributed by atoms with Crippen molar-refractivity contribution in [3.05, 3.63) is 34.5 Å². The molecular weight excluding hydrogens is 436 g/mol. The third kappa shape index (κ3) is 18.1. The fourth-order valence-corrected chi connectivity index (χ4v) is 4.25. The second kappa shape index (κ2) is 22.6. The maximum absolute atomic E-state index is 12.3. The number of carbonyl (C=O) groups excluding carboxylic acids is 1. The van der Waals surface area contributed by atoms with Gasteiger partial charge in [-0.05, 0) is 37.1 Å². The first-order valence-electron chi connectivity index (χ1n) is 14.6. The van der Waals surface area contributed by atoms with Crippen molar-refractivity contribution in [2.75, 3.05) is 6.61 Å². The number of unbranched alkanes of at least 4 members (excludes halogenated alkanes) is 17. The third-order valence-corrected chi connectivity index (χ3v) is 6.52. The van der Waals surface area contributed by atoms with E-state index >= 15 is 0 Å². The van der Waals surface area contributed by atoms with Crippen LogP contribution in [0.4, 0.5) is 0 Å². The zero-order chi connectivity index (χ0) is 25.4. The first-order valence-corrected chi connectivity index (χ1v) is 14.6. The number of esters is 1. The van der Waals surface area contributed by atoms with Crippen LogP contribution in [0.5, 0.6) is 11.5 Å². The molecule has 1 aromatic rings. The van der Waals surface area contributed by atoms with Gasteiger partial charge in [-0.25, -0.2) is 0 Å². The second-order valence-electron chi connectivity index (χ2n) is 9.88. The van der Waals surface area contributed by atoms with Crippen molar-refractivity contribution in [3.8, 4) is 11.5 Å². The van der Waals surface area contributed by atoms with Crippen LogP contribution in [0.1, 0.15) is 142 Å². The molecule has 0 spiro atoms. The number of carbonyl (C=O) groups is 1. The Morgan fingerprint density at radius 1 is 0.600 bits per heavy atom. The van der Waals surface area contributed by atoms with Gasteiger partial charge in [-0.15, -0.1) is 0 Å². The molecule has 0 saturated carbocycles. The van der Waals surface area contributed by atoms with Gasteiger partial charge in [0.05, 0.1) is 6.61 Å². The van der Waals surface area contributed by atoms with E-state index in [1.54, 1.807) is 18.2 Å². The molecule has 4 heteroatoms. The van der Waals surface area contributed by atoms with E-state index in [2.05, 4.69) is 13.8 Å². The SMILES string of the molecule is CCCCCCCCCCCCOc1ccc(OC(=O)CCCCCCCCCCC)c(=O)cc1. The Morgan fingerprint density at radius 2 is 1.06 bits per heavy atom. The molecular formula is C31H52O4. The van der Waals surface area contributed by atoms with E-state index < -0.39 is 0 Å². The van der Waals surface area contributed by atoms with Gasteiger partial charge in [0.2, 0.25) is 5.43 Å². The van der Waals surface area contributed by atoms with Gasteiger partial charge in [0.15, 0.2) is 5.75 Å². The van der Waals surface area contributed by atoms with Crippen LogP contribution >= 0.6 is 0 Å². The van der Waals surface area contributed by atoms with Crippen molar-refractivity contribution in [2.24, 2.45) is 0 Å². The van der Waals surface area contributed by atoms with Gasteiger partial charge in [0.1, 0.15) is 5.75 Å². The molecule has 0 aliphatic heterocycles. The summed E-state index contributed by atoms with van der Waals surface area (Å²) in [6, 6.07) is 6.37. The van der Waals surface area contributed by atoms with Crippen molar-refractivity contribution in [1.82, 2.24) is 0 Å². The topological polar surface area (TPSA) is 52.6 Å². The Hall–Kier alpha value is -1.84. The minimum absolute atomic E-state index is 0.0831. The molecule has 0 N–H and O–H groups in total. The predicted octanol–water partition coefficient (Wildman–Crippen LogP) is 9.17. The molecule has 0 bridgehead atoms. The Labute approximate surface area is 215 Å². The van der Waals surface area contributed by atoms with Gasteiger partial charge in [-0.3, -0.25) is 9.59 Å². The molecule has 0 atom stereocenters. The molecule has 1 aromatic carbocycles. The summed E-state index contributed by atoms with van der Waals surface area (Å²) >= 11 is 0. The van der Waals surface area contributed by atoms with Gasteiger partial charge in [0, 0.05) is 6.42 Å². The molecule has 0 amide bonds. The lowest BCUT2D eigenvalue weighted by molar-refractivity contribution is -0.134. The van der Waals surface area contributed by atoms with Crippen LogP contribution in [-0.4, -0.2) is 12.6 Å². The Balaban J connectivity index is 2.16. The van der Waals surface area contributed by atoms with E-state index in [0.29, 0.717) is 18.8 Å². The molecule has 35 heavy (non-hydrogen) atoms. The maximum atomic E-state index is 12.3. The Bertz CT molecular complexity index is 701. The van der Waals surface area contributed by atoms with Crippen LogP contribution < -0.4 is 14.9 Å². The van der Waals surface area contributed by atoms with Gasteiger partial charge in [-0.1, -0.05) is 123 Å². The summed E-state index contributed by atoms with van der Waals surface area (Å²) in [6.07, 6.45) is 24.0. The molecule has 0 aliphatic carbocycles. The van der Waals surface area contributed by atoms with E-state index in [1.165, 1.54) is 102 Å². The van der Waals surface area contributed by atoms with E-state index in [9.17, 15) is 9.59 Å². The van der Waals surface area contributed by atoms with E-state index in [4.69, 9.17) is 9.47 Å². The highest BCUT2D eigenvalue weighted by Crippen LogP contribution is 2.15. The number of hydrogen-bond donors (Lipinski definition) is 0. The highest BCUT2D eigenvalue weighted by atomic mass is 16.5. The summed E-state index contributed by atoms with van der Waals surface area (Å²) in [5.41, 5.74) is -0.292. The summed E-state index contributed by atoms with van der Waals surface area (Å²) in [4.78, 5) is 24.4. The first-order chi connectivity index (χ1) is 17.2. The molecule has 0 heterocycles. The van der Waals surface area contributed by atoms with Crippen molar-refractivity contribution < 1.29 is 14.3 Å². The fourth-order valence-electron chi connectivity index (χ4n) is 4.25. The standard InChI is InChI=1S/C31H52O4/c1-3-5-7-9-11-13-15-17-19-21-27-34-28-23-25-29(32)30(26-24-28)35-31(33)22-20-18-16-14-12-10-8-6-4-2/h23-26H,3-22,27H2,1-2H3. The summed E-state index contributed by atoms with van der Waals surface area (Å²) in [5, 5.41) is 0. The number of ether oxygens (including phenoxy) is 2. The maximum Gasteiger partial charge on any atom is 0.311 e. The van der Waals surface area contributed by atoms with Crippen LogP contribution in [0.3, 0.4) is 0 Å². The van der Waals surface area contributed by atoms with Gasteiger partial charge >= 0.3 is 5.97 Å². The minimum atomic E-state index is -0.330. The molecule has 0 saturated heterocycles. The highest BCUT2D eigenvalue weighted by Gasteiger charge is 2.07. The monoisotopic (exact) mass is 488 g/mol. The molecule has 0 unspecified atom stereocenters. The molecule has 200 valence electrons. The zero-order valence-electron chi connectivity index (χ0n) is 22.8. The lowest BCUT2D eigenvalue weighted by atomic mass is 10.1. The number of hydrogen-bond acceptors (Lipinski definition) is 4. The van der Waals surface area contributed by atoms with Crippen LogP contribution in [-0.2, 0) is 4.79 Å². The third-order valence-electron chi connectivity index (χ3n) is 6.52. The molecule has 4 nitrogen and oxygen atoms in total. The van der Waals surface area contributed by atoms with Crippen molar-refractivity contribution in [1.29, 1.82) is 0 Å². The summed E-state index contributed by atoms with van der Waals surface area (Å²) in [7, 11) is 0. The normalized spacial score (nSPS) is 10.9. The molecule has 0 aromatic heterocycles. The highest BCUT2D eigenvalue weighted by molar-refractivity contribution is 5.72. The smallest absolute Gasteiger partial charge is 0.311 e. The number of rotatable bonds is 23. The van der Waals surface area contributed by atoms with Crippen LogP contribution in [0.15, 0.2) is 29.1 Å². The Kier molecular flexibility index (Phi) is 20.2. The van der Waals surface area contributed by atoms with Gasteiger partial charge < -0.3 is 9.47 Å². The minimum Gasteiger partial charge on any atom is -0.494 e. The van der Waals surface area contributed by atoms with Crippen LogP contribution in [0.2, 0.25) is 0 Å². The predicted molar refractivity (Wildman–Crippen MR) is 148 cm³/mol. The van der Waals surface area contributed by atoms with Crippen LogP contribution in [0, 0.1) is 0 Å². The van der Waals surface area contributed by atoms with Crippen molar-refractivity contribution in [3.63, 3.8) is 0 Å². The van der Waals surface area contributed by atoms with E-state index in [0.717, 1.165) is 25.7 Å². The zero-order valence-corrected chi connectivity index (χ0v) is 22.8. The first kappa shape index (κ1) is 31.2. The Morgan fingerprint density at radius 3 is 1.60 bits per heavy atom. The molecule has 1 rings (SSSR count). The van der Waals surface area contributed by atoms with E-state index in [1.807, 2.05) is 0 Å². The fraction of sp³-hybridized carbons (Fsp3) is 0.742. The van der Waals surface area contributed by atoms with E-state index in [-0.39, 0.29) is 17.1 Å². The molecule has 0 aliphatic rings. The summed E-state index contributed by atoms with van der Waals surface area (Å²) < 4.78 is 11.1. The van der Waals surface area contributed by atoms with Gasteiger partial charge in [-0.2, -0.15) is 0 Å². The average molecular weight is 489 g/mol. The largest absolute Gasteiger partial charge is 0.494 e.